The van der Waals surface area contributed by atoms with Crippen LogP contribution in [0.3, 0.4) is 0 Å². The number of phenolic OH excluding ortho intramolecular Hbond substituents is 1. The van der Waals surface area contributed by atoms with Crippen LogP contribution in [0.5, 0.6) is 5.75 Å². The van der Waals surface area contributed by atoms with E-state index in [0.717, 1.165) is 0 Å². The lowest BCUT2D eigenvalue weighted by Crippen LogP contribution is -2.14. The number of aromatic hydroxyl groups is 1. The van der Waals surface area contributed by atoms with Crippen molar-refractivity contribution in [1.29, 1.82) is 0 Å². The molecule has 2 aromatic rings. The highest BCUT2D eigenvalue weighted by molar-refractivity contribution is 9.10. The first kappa shape index (κ1) is 13.8. The van der Waals surface area contributed by atoms with Gasteiger partial charge in [0.05, 0.1) is 4.47 Å². The van der Waals surface area contributed by atoms with Crippen molar-refractivity contribution in [2.75, 3.05) is 5.32 Å². The number of carbonyl (C=O) groups excluding carboxylic acids is 1. The molecule has 0 atom stereocenters. The third-order valence-corrected chi connectivity index (χ3v) is 3.12. The fourth-order valence-electron chi connectivity index (χ4n) is 1.41. The molecule has 0 saturated heterocycles. The second-order valence-electron chi connectivity index (χ2n) is 3.78. The van der Waals surface area contributed by atoms with Gasteiger partial charge in [-0.05, 0) is 47.1 Å². The van der Waals surface area contributed by atoms with Gasteiger partial charge in [0.15, 0.2) is 0 Å². The van der Waals surface area contributed by atoms with Gasteiger partial charge in [0, 0.05) is 11.3 Å². The highest BCUT2D eigenvalue weighted by Gasteiger charge is 2.10. The Bertz CT molecular complexity index is 629. The summed E-state index contributed by atoms with van der Waals surface area (Å²) >= 11 is 8.92. The number of anilines is 1. The zero-order chi connectivity index (χ0) is 14.0. The Morgan fingerprint density at radius 3 is 2.74 bits per heavy atom. The minimum atomic E-state index is -0.426. The largest absolute Gasteiger partial charge is 0.507 e. The van der Waals surface area contributed by atoms with Crippen LogP contribution in [-0.4, -0.2) is 21.0 Å². The Kier molecular flexibility index (Phi) is 4.01. The second-order valence-corrected chi connectivity index (χ2v) is 5.02. The van der Waals surface area contributed by atoms with Crippen LogP contribution in [-0.2, 0) is 0 Å². The molecular formula is C12H9BrClN3O2. The van der Waals surface area contributed by atoms with Gasteiger partial charge in [-0.3, -0.25) is 10.1 Å². The van der Waals surface area contributed by atoms with E-state index in [4.69, 9.17) is 11.6 Å². The quantitative estimate of drug-likeness (QED) is 0.822. The van der Waals surface area contributed by atoms with E-state index in [9.17, 15) is 9.90 Å². The normalized spacial score (nSPS) is 10.3. The van der Waals surface area contributed by atoms with E-state index in [2.05, 4.69) is 31.2 Å². The maximum atomic E-state index is 11.9. The zero-order valence-corrected chi connectivity index (χ0v) is 12.2. The lowest BCUT2D eigenvalue weighted by molar-refractivity contribution is 0.102. The van der Waals surface area contributed by atoms with Crippen LogP contribution >= 0.6 is 27.5 Å². The minimum absolute atomic E-state index is 0.0177. The molecule has 0 aliphatic rings. The predicted octanol–water partition coefficient (Wildman–Crippen LogP) is 3.16. The van der Waals surface area contributed by atoms with Gasteiger partial charge in [-0.2, -0.15) is 0 Å². The number of nitrogens with zero attached hydrogens (tertiary/aromatic N) is 2. The highest BCUT2D eigenvalue weighted by atomic mass is 79.9. The number of rotatable bonds is 2. The molecule has 0 saturated carbocycles. The summed E-state index contributed by atoms with van der Waals surface area (Å²) in [5, 5.41) is 12.3. The average molecular weight is 343 g/mol. The topological polar surface area (TPSA) is 75.1 Å². The van der Waals surface area contributed by atoms with Crippen molar-refractivity contribution in [2.45, 2.75) is 6.92 Å². The smallest absolute Gasteiger partial charge is 0.258 e. The Morgan fingerprint density at radius 2 is 2.11 bits per heavy atom. The van der Waals surface area contributed by atoms with E-state index in [1.807, 2.05) is 0 Å². The van der Waals surface area contributed by atoms with Crippen LogP contribution in [0.15, 0.2) is 28.7 Å². The molecule has 1 aromatic heterocycles. The summed E-state index contributed by atoms with van der Waals surface area (Å²) in [6, 6.07) is 6.07. The van der Waals surface area contributed by atoms with Crippen molar-refractivity contribution in [3.63, 3.8) is 0 Å². The van der Waals surface area contributed by atoms with Crippen LogP contribution in [0.4, 0.5) is 5.95 Å². The Labute approximate surface area is 122 Å². The molecule has 98 valence electrons. The molecule has 1 amide bonds. The number of phenols is 1. The van der Waals surface area contributed by atoms with Gasteiger partial charge >= 0.3 is 0 Å². The predicted molar refractivity (Wildman–Crippen MR) is 75.5 cm³/mol. The lowest BCUT2D eigenvalue weighted by Gasteiger charge is -2.06. The van der Waals surface area contributed by atoms with Crippen LogP contribution < -0.4 is 5.32 Å². The van der Waals surface area contributed by atoms with Gasteiger partial charge in [0.25, 0.3) is 5.91 Å². The highest BCUT2D eigenvalue weighted by Crippen LogP contribution is 2.24. The van der Waals surface area contributed by atoms with E-state index in [1.165, 1.54) is 6.07 Å². The fraction of sp³-hybridized carbons (Fsp3) is 0.0833. The summed E-state index contributed by atoms with van der Waals surface area (Å²) in [7, 11) is 0. The number of amides is 1. The van der Waals surface area contributed by atoms with E-state index in [1.54, 1.807) is 25.1 Å². The van der Waals surface area contributed by atoms with Crippen LogP contribution in [0, 0.1) is 6.92 Å². The molecule has 2 rings (SSSR count). The van der Waals surface area contributed by atoms with Gasteiger partial charge in [-0.1, -0.05) is 11.6 Å². The number of hydrogen-bond acceptors (Lipinski definition) is 4. The first-order valence-electron chi connectivity index (χ1n) is 5.27. The number of hydrogen-bond donors (Lipinski definition) is 2. The van der Waals surface area contributed by atoms with Crippen LogP contribution in [0.1, 0.15) is 16.1 Å². The number of carbonyl (C=O) groups is 1. The third-order valence-electron chi connectivity index (χ3n) is 2.26. The van der Waals surface area contributed by atoms with Crippen molar-refractivity contribution < 1.29 is 9.90 Å². The molecular weight excluding hydrogens is 334 g/mol. The molecule has 0 bridgehead atoms. The van der Waals surface area contributed by atoms with Gasteiger partial charge in [0.2, 0.25) is 5.95 Å². The van der Waals surface area contributed by atoms with E-state index in [-0.39, 0.29) is 16.9 Å². The molecule has 0 spiro atoms. The zero-order valence-electron chi connectivity index (χ0n) is 9.82. The average Bonchev–Trinajstić information content (AvgIpc) is 2.31. The number of nitrogens with one attached hydrogen (secondary N) is 1. The lowest BCUT2D eigenvalue weighted by atomic mass is 10.2. The molecule has 2 N–H and O–H groups in total. The SMILES string of the molecule is Cc1cc(Cl)nc(NC(=O)c2ccc(Br)c(O)c2)n1. The van der Waals surface area contributed by atoms with Crippen LogP contribution in [0.2, 0.25) is 5.15 Å². The summed E-state index contributed by atoms with van der Waals surface area (Å²) in [5.74, 6) is -0.322. The maximum absolute atomic E-state index is 11.9. The summed E-state index contributed by atoms with van der Waals surface area (Å²) in [5.41, 5.74) is 0.941. The summed E-state index contributed by atoms with van der Waals surface area (Å²) in [4.78, 5) is 19.9. The molecule has 5 nitrogen and oxygen atoms in total. The Morgan fingerprint density at radius 1 is 1.37 bits per heavy atom. The van der Waals surface area contributed by atoms with Crippen molar-refractivity contribution in [1.82, 2.24) is 9.97 Å². The van der Waals surface area contributed by atoms with Gasteiger partial charge in [-0.25, -0.2) is 9.97 Å². The molecule has 7 heteroatoms. The van der Waals surface area contributed by atoms with Crippen molar-refractivity contribution in [3.05, 3.63) is 45.1 Å². The second kappa shape index (κ2) is 5.54. The molecule has 0 aliphatic carbocycles. The van der Waals surface area contributed by atoms with Gasteiger partial charge < -0.3 is 5.11 Å². The summed E-state index contributed by atoms with van der Waals surface area (Å²) in [6.07, 6.45) is 0. The van der Waals surface area contributed by atoms with E-state index in [0.29, 0.717) is 15.7 Å². The molecule has 0 unspecified atom stereocenters. The van der Waals surface area contributed by atoms with Crippen molar-refractivity contribution in [2.24, 2.45) is 0 Å². The molecule has 1 heterocycles. The van der Waals surface area contributed by atoms with Gasteiger partial charge in [-0.15, -0.1) is 0 Å². The molecule has 0 radical (unpaired) electrons. The number of aryl methyl sites for hydroxylation is 1. The third kappa shape index (κ3) is 3.42. The number of aromatic nitrogens is 2. The fourth-order valence-corrected chi connectivity index (χ4v) is 1.90. The van der Waals surface area contributed by atoms with E-state index < -0.39 is 5.91 Å². The molecule has 0 fully saturated rings. The first-order valence-corrected chi connectivity index (χ1v) is 6.44. The van der Waals surface area contributed by atoms with E-state index >= 15 is 0 Å². The summed E-state index contributed by atoms with van der Waals surface area (Å²) in [6.45, 7) is 1.74. The Hall–Kier alpha value is -1.66. The van der Waals surface area contributed by atoms with Crippen molar-refractivity contribution >= 4 is 39.4 Å². The summed E-state index contributed by atoms with van der Waals surface area (Å²) < 4.78 is 0.513. The monoisotopic (exact) mass is 341 g/mol. The number of benzene rings is 1. The molecule has 0 aliphatic heterocycles. The maximum Gasteiger partial charge on any atom is 0.258 e. The van der Waals surface area contributed by atoms with Gasteiger partial charge in [0.1, 0.15) is 10.9 Å². The molecule has 19 heavy (non-hydrogen) atoms. The minimum Gasteiger partial charge on any atom is -0.507 e. The van der Waals surface area contributed by atoms with Crippen LogP contribution in [0.25, 0.3) is 0 Å². The number of halogens is 2. The first-order chi connectivity index (χ1) is 8.95. The Balaban J connectivity index is 2.22. The molecule has 1 aromatic carbocycles. The standard InChI is InChI=1S/C12H9BrClN3O2/c1-6-4-10(14)16-12(15-6)17-11(19)7-2-3-8(13)9(18)5-7/h2-5,18H,1H3,(H,15,16,17,19). The van der Waals surface area contributed by atoms with Crippen molar-refractivity contribution in [3.8, 4) is 5.75 Å².